The highest BCUT2D eigenvalue weighted by Gasteiger charge is 2.75. The maximum Gasteiger partial charge on any atom is 0.505 e. The van der Waals surface area contributed by atoms with Crippen LogP contribution in [0.25, 0.3) is 0 Å². The van der Waals surface area contributed by atoms with Gasteiger partial charge in [0.2, 0.25) is 0 Å². The highest BCUT2D eigenvalue weighted by molar-refractivity contribution is 6.01. The Morgan fingerprint density at radius 3 is 2.31 bits per heavy atom. The summed E-state index contributed by atoms with van der Waals surface area (Å²) in [4.78, 5) is 37.5. The number of carbonyl (C=O) groups is 3. The Kier molecular flexibility index (Phi) is 14.1. The number of Topliss-reactive ketones (excluding diaryl/α,β-unsaturated/α-hetero) is 1. The molecule has 3 N–H and O–H groups in total. The standard InChI is InChI=1S/C25H34O6.C14H29NO3/c1-4-5-21-30-20-11-17-16-7-6-14-10-15(27)8-9-23(14,2)22(16)18(28)12-24(17,3)25(20,31-21)19(29)13-26;1-15(2)12-10-8-6-4-3-5-7-9-11-13-18-14(16)17/h8-10,16-18,20-22,26,28H,4-7,11-13H2,1-3H3;3-13H2,1-2H3,(H,16,17)/t16-,17-,18-,20+,21?,22+,23-,24-,25+;/m0./s1. The molecule has 278 valence electrons. The average molecular weight is 690 g/mol. The zero-order chi connectivity index (χ0) is 35.8. The molecule has 4 fully saturated rings. The van der Waals surface area contributed by atoms with Crippen molar-refractivity contribution in [2.24, 2.45) is 28.6 Å². The van der Waals surface area contributed by atoms with Gasteiger partial charge >= 0.3 is 6.16 Å². The predicted octanol–water partition coefficient (Wildman–Crippen LogP) is 6.47. The van der Waals surface area contributed by atoms with Crippen molar-refractivity contribution in [1.29, 1.82) is 0 Å². The van der Waals surface area contributed by atoms with Gasteiger partial charge in [0.25, 0.3) is 0 Å². The van der Waals surface area contributed by atoms with E-state index in [4.69, 9.17) is 14.6 Å². The number of ketones is 2. The van der Waals surface area contributed by atoms with Crippen molar-refractivity contribution >= 4 is 17.7 Å². The van der Waals surface area contributed by atoms with Gasteiger partial charge in [-0.25, -0.2) is 4.79 Å². The molecular formula is C39H63NO9. The largest absolute Gasteiger partial charge is 0.505 e. The average Bonchev–Trinajstić information content (AvgIpc) is 3.53. The monoisotopic (exact) mass is 689 g/mol. The Hall–Kier alpha value is -2.11. The number of ether oxygens (including phenoxy) is 3. The molecule has 1 aliphatic heterocycles. The molecule has 4 aliphatic carbocycles. The van der Waals surface area contributed by atoms with Crippen molar-refractivity contribution < 1.29 is 43.9 Å². The fourth-order valence-corrected chi connectivity index (χ4v) is 10.0. The van der Waals surface area contributed by atoms with Gasteiger partial charge < -0.3 is 34.4 Å². The van der Waals surface area contributed by atoms with Gasteiger partial charge in [-0.1, -0.05) is 83.8 Å². The fourth-order valence-electron chi connectivity index (χ4n) is 10.0. The molecule has 0 spiro atoms. The number of nitrogens with zero attached hydrogens (tertiary/aromatic N) is 1. The third-order valence-electron chi connectivity index (χ3n) is 12.3. The zero-order valence-electron chi connectivity index (χ0n) is 30.7. The van der Waals surface area contributed by atoms with E-state index < -0.39 is 42.3 Å². The van der Waals surface area contributed by atoms with E-state index in [0.717, 1.165) is 37.7 Å². The van der Waals surface area contributed by atoms with Crippen LogP contribution in [-0.2, 0) is 23.8 Å². The van der Waals surface area contributed by atoms with Gasteiger partial charge in [-0.05, 0) is 89.6 Å². The molecule has 10 nitrogen and oxygen atoms in total. The lowest BCUT2D eigenvalue weighted by atomic mass is 9.46. The Balaban J connectivity index is 0.000000259. The molecule has 0 aromatic rings. The summed E-state index contributed by atoms with van der Waals surface area (Å²) in [6.45, 7) is 7.22. The maximum atomic E-state index is 13.2. The summed E-state index contributed by atoms with van der Waals surface area (Å²) in [6.07, 6.45) is 18.2. The van der Waals surface area contributed by atoms with Gasteiger partial charge in [0.05, 0.1) is 18.8 Å². The number of carbonyl (C=O) groups excluding carboxylic acids is 2. The van der Waals surface area contributed by atoms with Crippen LogP contribution < -0.4 is 0 Å². The molecule has 0 bridgehead atoms. The summed E-state index contributed by atoms with van der Waals surface area (Å²) >= 11 is 0. The van der Waals surface area contributed by atoms with Gasteiger partial charge in [-0.2, -0.15) is 0 Å². The van der Waals surface area contributed by atoms with Crippen LogP contribution in [0.2, 0.25) is 0 Å². The number of aliphatic hydroxyl groups is 2. The molecule has 0 amide bonds. The number of hydrogen-bond donors (Lipinski definition) is 3. The minimum Gasteiger partial charge on any atom is -0.450 e. The first-order chi connectivity index (χ1) is 23.3. The first kappa shape index (κ1) is 39.7. The summed E-state index contributed by atoms with van der Waals surface area (Å²) in [5.74, 6) is 0.0274. The number of rotatable bonds is 16. The second-order valence-electron chi connectivity index (χ2n) is 15.8. The molecule has 3 saturated carbocycles. The second-order valence-corrected chi connectivity index (χ2v) is 15.8. The Morgan fingerprint density at radius 1 is 1.04 bits per heavy atom. The topological polar surface area (TPSA) is 143 Å². The Morgan fingerprint density at radius 2 is 1.69 bits per heavy atom. The van der Waals surface area contributed by atoms with Crippen LogP contribution in [0.15, 0.2) is 23.8 Å². The quantitative estimate of drug-likeness (QED) is 0.122. The van der Waals surface area contributed by atoms with Crippen molar-refractivity contribution in [2.75, 3.05) is 33.9 Å². The smallest absolute Gasteiger partial charge is 0.450 e. The summed E-state index contributed by atoms with van der Waals surface area (Å²) in [5, 5.41) is 29.7. The lowest BCUT2D eigenvalue weighted by Crippen LogP contribution is -2.63. The van der Waals surface area contributed by atoms with E-state index >= 15 is 0 Å². The lowest BCUT2D eigenvalue weighted by Gasteiger charge is -2.59. The number of unbranched alkanes of at least 4 members (excludes halogenated alkanes) is 8. The van der Waals surface area contributed by atoms with Gasteiger partial charge in [-0.3, -0.25) is 9.59 Å². The van der Waals surface area contributed by atoms with Crippen LogP contribution in [0.3, 0.4) is 0 Å². The molecule has 10 heteroatoms. The van der Waals surface area contributed by atoms with Crippen LogP contribution >= 0.6 is 0 Å². The van der Waals surface area contributed by atoms with Crippen LogP contribution in [-0.4, -0.2) is 95.9 Å². The molecule has 5 rings (SSSR count). The molecule has 49 heavy (non-hydrogen) atoms. The number of hydrogen-bond acceptors (Lipinski definition) is 9. The number of aliphatic hydroxyl groups excluding tert-OH is 2. The van der Waals surface area contributed by atoms with E-state index in [9.17, 15) is 24.6 Å². The molecular weight excluding hydrogens is 626 g/mol. The highest BCUT2D eigenvalue weighted by atomic mass is 16.7. The third kappa shape index (κ3) is 8.52. The van der Waals surface area contributed by atoms with Gasteiger partial charge in [0.1, 0.15) is 6.61 Å². The predicted molar refractivity (Wildman–Crippen MR) is 187 cm³/mol. The van der Waals surface area contributed by atoms with Gasteiger partial charge in [0.15, 0.2) is 23.5 Å². The first-order valence-corrected chi connectivity index (χ1v) is 18.9. The minimum atomic E-state index is -1.20. The first-order valence-electron chi connectivity index (χ1n) is 18.9. The molecule has 0 radical (unpaired) electrons. The van der Waals surface area contributed by atoms with Crippen LogP contribution in [0.4, 0.5) is 4.79 Å². The summed E-state index contributed by atoms with van der Waals surface area (Å²) < 4.78 is 17.1. The molecule has 0 aromatic heterocycles. The maximum absolute atomic E-state index is 13.2. The van der Waals surface area contributed by atoms with E-state index in [1.54, 1.807) is 12.2 Å². The summed E-state index contributed by atoms with van der Waals surface area (Å²) in [6, 6.07) is 0. The van der Waals surface area contributed by atoms with Gasteiger partial charge in [-0.15, -0.1) is 0 Å². The Bertz CT molecular complexity index is 1200. The van der Waals surface area contributed by atoms with E-state index in [1.165, 1.54) is 51.5 Å². The fraction of sp³-hybridized carbons (Fsp3) is 0.821. The van der Waals surface area contributed by atoms with Crippen molar-refractivity contribution in [3.63, 3.8) is 0 Å². The van der Waals surface area contributed by atoms with E-state index in [0.29, 0.717) is 25.9 Å². The van der Waals surface area contributed by atoms with E-state index in [2.05, 4.69) is 44.5 Å². The second kappa shape index (κ2) is 17.4. The summed E-state index contributed by atoms with van der Waals surface area (Å²) in [5.41, 5.74) is -1.05. The summed E-state index contributed by atoms with van der Waals surface area (Å²) in [7, 11) is 4.24. The normalized spacial score (nSPS) is 35.8. The number of carboxylic acid groups (broad SMARTS) is 1. The van der Waals surface area contributed by atoms with Crippen LogP contribution in [0, 0.1) is 28.6 Å². The van der Waals surface area contributed by atoms with E-state index in [1.807, 2.05) is 6.08 Å². The van der Waals surface area contributed by atoms with Gasteiger partial charge in [0, 0.05) is 16.7 Å². The Labute approximate surface area is 293 Å². The molecule has 1 saturated heterocycles. The van der Waals surface area contributed by atoms with Crippen molar-refractivity contribution in [2.45, 2.75) is 141 Å². The molecule has 5 aliphatic rings. The highest BCUT2D eigenvalue weighted by Crippen LogP contribution is 2.69. The minimum absolute atomic E-state index is 0.0125. The van der Waals surface area contributed by atoms with Crippen LogP contribution in [0.1, 0.15) is 117 Å². The van der Waals surface area contributed by atoms with Crippen molar-refractivity contribution in [3.05, 3.63) is 23.8 Å². The number of allylic oxidation sites excluding steroid dienone is 4. The third-order valence-corrected chi connectivity index (χ3v) is 12.3. The molecule has 9 atom stereocenters. The van der Waals surface area contributed by atoms with Crippen molar-refractivity contribution in [3.8, 4) is 0 Å². The molecule has 1 unspecified atom stereocenters. The zero-order valence-corrected chi connectivity index (χ0v) is 30.7. The molecule has 1 heterocycles. The van der Waals surface area contributed by atoms with Crippen LogP contribution in [0.5, 0.6) is 0 Å². The SMILES string of the molecule is CCCC1O[C@@H]2C[C@H]3[C@@H]4CCC5=CC(=O)C=C[C@]5(C)[C@H]4[C@@H](O)C[C@]3(C)[C@]2(C(=O)CO)O1.CN(C)CCCCCCCCCCCOC(=O)O. The lowest BCUT2D eigenvalue weighted by molar-refractivity contribution is -0.200. The number of fused-ring (bicyclic) bond motifs is 7. The van der Waals surface area contributed by atoms with Crippen molar-refractivity contribution in [1.82, 2.24) is 4.90 Å². The molecule has 0 aromatic carbocycles. The van der Waals surface area contributed by atoms with E-state index in [-0.39, 0.29) is 34.7 Å².